The van der Waals surface area contributed by atoms with E-state index in [0.717, 1.165) is 24.5 Å². The lowest BCUT2D eigenvalue weighted by Crippen LogP contribution is -2.39. The Balaban J connectivity index is 2.24. The average Bonchev–Trinajstić information content (AvgIpc) is 2.32. The van der Waals surface area contributed by atoms with E-state index in [-0.39, 0.29) is 0 Å². The van der Waals surface area contributed by atoms with Crippen molar-refractivity contribution < 1.29 is 4.74 Å². The summed E-state index contributed by atoms with van der Waals surface area (Å²) in [7, 11) is 0. The van der Waals surface area contributed by atoms with Crippen molar-refractivity contribution in [3.05, 3.63) is 0 Å². The zero-order valence-corrected chi connectivity index (χ0v) is 12.9. The summed E-state index contributed by atoms with van der Waals surface area (Å²) in [5, 5.41) is 3.74. The molecule has 2 nitrogen and oxygen atoms in total. The van der Waals surface area contributed by atoms with Crippen molar-refractivity contribution in [3.8, 4) is 0 Å². The Hall–Kier alpha value is -0.0800. The van der Waals surface area contributed by atoms with E-state index in [1.165, 1.54) is 45.1 Å². The highest BCUT2D eigenvalue weighted by Crippen LogP contribution is 2.34. The maximum atomic E-state index is 5.65. The molecule has 0 saturated heterocycles. The Kier molecular flexibility index (Phi) is 7.92. The highest BCUT2D eigenvalue weighted by atomic mass is 16.5. The van der Waals surface area contributed by atoms with Crippen LogP contribution in [0.15, 0.2) is 0 Å². The molecular weight excluding hydrogens is 222 g/mol. The third kappa shape index (κ3) is 5.71. The van der Waals surface area contributed by atoms with Gasteiger partial charge in [-0.05, 0) is 57.4 Å². The van der Waals surface area contributed by atoms with Gasteiger partial charge >= 0.3 is 0 Å². The number of ether oxygens (including phenoxy) is 1. The van der Waals surface area contributed by atoms with Gasteiger partial charge in [-0.15, -0.1) is 0 Å². The Labute approximate surface area is 114 Å². The van der Waals surface area contributed by atoms with Gasteiger partial charge in [0.1, 0.15) is 0 Å². The van der Waals surface area contributed by atoms with Crippen molar-refractivity contribution >= 4 is 0 Å². The number of hydrogen-bond acceptors (Lipinski definition) is 2. The molecule has 2 atom stereocenters. The summed E-state index contributed by atoms with van der Waals surface area (Å²) in [6.07, 6.45) is 8.38. The standard InChI is InChI=1S/C16H33NO/c1-5-8-17-15(9-13(4)6-2)10-14-11-16(12-14)18-7-3/h13-17H,5-12H2,1-4H3. The molecule has 0 spiro atoms. The van der Waals surface area contributed by atoms with Crippen LogP contribution in [0.1, 0.15) is 66.2 Å². The molecule has 0 aliphatic heterocycles. The van der Waals surface area contributed by atoms with Crippen LogP contribution in [0.25, 0.3) is 0 Å². The predicted octanol–water partition coefficient (Wildman–Crippen LogP) is 4.00. The molecule has 0 aromatic carbocycles. The van der Waals surface area contributed by atoms with E-state index in [4.69, 9.17) is 4.74 Å². The minimum Gasteiger partial charge on any atom is -0.378 e. The van der Waals surface area contributed by atoms with Crippen LogP contribution < -0.4 is 5.32 Å². The quantitative estimate of drug-likeness (QED) is 0.637. The first-order chi connectivity index (χ1) is 8.69. The first kappa shape index (κ1) is 16.0. The second-order valence-corrected chi connectivity index (χ2v) is 6.05. The van der Waals surface area contributed by atoms with Gasteiger partial charge in [0, 0.05) is 12.6 Å². The highest BCUT2D eigenvalue weighted by Gasteiger charge is 2.31. The molecular formula is C16H33NO. The van der Waals surface area contributed by atoms with Crippen LogP contribution in [-0.2, 0) is 4.74 Å². The lowest BCUT2D eigenvalue weighted by molar-refractivity contribution is -0.0295. The molecule has 1 fully saturated rings. The largest absolute Gasteiger partial charge is 0.378 e. The minimum atomic E-state index is 0.565. The van der Waals surface area contributed by atoms with Crippen LogP contribution in [0.3, 0.4) is 0 Å². The third-order valence-electron chi connectivity index (χ3n) is 4.28. The van der Waals surface area contributed by atoms with Crippen molar-refractivity contribution in [2.45, 2.75) is 78.4 Å². The van der Waals surface area contributed by atoms with E-state index in [1.807, 2.05) is 0 Å². The van der Waals surface area contributed by atoms with Crippen molar-refractivity contribution in [2.75, 3.05) is 13.2 Å². The normalized spacial score (nSPS) is 26.7. The molecule has 1 N–H and O–H groups in total. The first-order valence-corrected chi connectivity index (χ1v) is 8.04. The molecule has 0 aromatic rings. The van der Waals surface area contributed by atoms with E-state index in [2.05, 4.69) is 33.0 Å². The van der Waals surface area contributed by atoms with E-state index in [0.29, 0.717) is 6.10 Å². The van der Waals surface area contributed by atoms with Crippen LogP contribution >= 0.6 is 0 Å². The summed E-state index contributed by atoms with van der Waals surface area (Å²) < 4.78 is 5.65. The molecule has 0 radical (unpaired) electrons. The van der Waals surface area contributed by atoms with Crippen molar-refractivity contribution in [1.29, 1.82) is 0 Å². The van der Waals surface area contributed by atoms with Gasteiger partial charge in [-0.2, -0.15) is 0 Å². The molecule has 2 unspecified atom stereocenters. The SMILES string of the molecule is CCCNC(CC(C)CC)CC1CC(OCC)C1. The minimum absolute atomic E-state index is 0.565. The Morgan fingerprint density at radius 3 is 2.50 bits per heavy atom. The molecule has 0 heterocycles. The second-order valence-electron chi connectivity index (χ2n) is 6.05. The summed E-state index contributed by atoms with van der Waals surface area (Å²) in [4.78, 5) is 0. The average molecular weight is 255 g/mol. The van der Waals surface area contributed by atoms with Crippen LogP contribution in [0.5, 0.6) is 0 Å². The van der Waals surface area contributed by atoms with Gasteiger partial charge in [0.2, 0.25) is 0 Å². The molecule has 1 aliphatic rings. The molecule has 108 valence electrons. The zero-order chi connectivity index (χ0) is 13.4. The smallest absolute Gasteiger partial charge is 0.0580 e. The van der Waals surface area contributed by atoms with Gasteiger partial charge in [-0.1, -0.05) is 27.2 Å². The van der Waals surface area contributed by atoms with Gasteiger partial charge in [-0.25, -0.2) is 0 Å². The van der Waals surface area contributed by atoms with Crippen molar-refractivity contribution in [1.82, 2.24) is 5.32 Å². The van der Waals surface area contributed by atoms with E-state index < -0.39 is 0 Å². The fourth-order valence-electron chi connectivity index (χ4n) is 2.90. The highest BCUT2D eigenvalue weighted by molar-refractivity contribution is 4.84. The Morgan fingerprint density at radius 2 is 1.94 bits per heavy atom. The molecule has 0 amide bonds. The lowest BCUT2D eigenvalue weighted by atomic mass is 9.77. The molecule has 2 heteroatoms. The topological polar surface area (TPSA) is 21.3 Å². The van der Waals surface area contributed by atoms with Crippen LogP contribution in [-0.4, -0.2) is 25.3 Å². The van der Waals surface area contributed by atoms with E-state index >= 15 is 0 Å². The lowest BCUT2D eigenvalue weighted by Gasteiger charge is -2.37. The molecule has 1 aliphatic carbocycles. The summed E-state index contributed by atoms with van der Waals surface area (Å²) >= 11 is 0. The first-order valence-electron chi connectivity index (χ1n) is 8.04. The monoisotopic (exact) mass is 255 g/mol. The maximum Gasteiger partial charge on any atom is 0.0580 e. The molecule has 0 aromatic heterocycles. The number of rotatable bonds is 10. The molecule has 1 saturated carbocycles. The van der Waals surface area contributed by atoms with Gasteiger partial charge in [0.25, 0.3) is 0 Å². The van der Waals surface area contributed by atoms with Crippen LogP contribution in [0.4, 0.5) is 0 Å². The summed E-state index contributed by atoms with van der Waals surface area (Å²) in [6, 6.07) is 0.729. The number of hydrogen-bond donors (Lipinski definition) is 1. The van der Waals surface area contributed by atoms with E-state index in [1.54, 1.807) is 0 Å². The zero-order valence-electron chi connectivity index (χ0n) is 12.9. The van der Waals surface area contributed by atoms with Crippen molar-refractivity contribution in [2.24, 2.45) is 11.8 Å². The fraction of sp³-hybridized carbons (Fsp3) is 1.00. The third-order valence-corrected chi connectivity index (χ3v) is 4.28. The second kappa shape index (κ2) is 8.92. The van der Waals surface area contributed by atoms with Crippen LogP contribution in [0.2, 0.25) is 0 Å². The van der Waals surface area contributed by atoms with Crippen LogP contribution in [0, 0.1) is 11.8 Å². The number of nitrogens with one attached hydrogen (secondary N) is 1. The predicted molar refractivity (Wildman–Crippen MR) is 78.9 cm³/mol. The van der Waals surface area contributed by atoms with E-state index in [9.17, 15) is 0 Å². The van der Waals surface area contributed by atoms with Gasteiger partial charge in [0.15, 0.2) is 0 Å². The maximum absolute atomic E-state index is 5.65. The molecule has 0 bridgehead atoms. The summed E-state index contributed by atoms with van der Waals surface area (Å²) in [5.41, 5.74) is 0. The van der Waals surface area contributed by atoms with Gasteiger partial charge < -0.3 is 10.1 Å². The molecule has 18 heavy (non-hydrogen) atoms. The molecule has 1 rings (SSSR count). The van der Waals surface area contributed by atoms with Gasteiger partial charge in [0.05, 0.1) is 6.10 Å². The Morgan fingerprint density at radius 1 is 1.22 bits per heavy atom. The van der Waals surface area contributed by atoms with Gasteiger partial charge in [-0.3, -0.25) is 0 Å². The fourth-order valence-corrected chi connectivity index (χ4v) is 2.90. The summed E-state index contributed by atoms with van der Waals surface area (Å²) in [6.45, 7) is 11.1. The van der Waals surface area contributed by atoms with Crippen molar-refractivity contribution in [3.63, 3.8) is 0 Å². The Bertz CT molecular complexity index is 201. The summed E-state index contributed by atoms with van der Waals surface area (Å²) in [5.74, 6) is 1.75.